The topological polar surface area (TPSA) is 47.6 Å². The molecule has 1 fully saturated rings. The van der Waals surface area contributed by atoms with Gasteiger partial charge in [-0.2, -0.15) is 0 Å². The van der Waals surface area contributed by atoms with Crippen LogP contribution in [0.25, 0.3) is 0 Å². The lowest BCUT2D eigenvalue weighted by Gasteiger charge is -2.37. The first-order valence-electron chi connectivity index (χ1n) is 8.52. The molecule has 1 amide bonds. The van der Waals surface area contributed by atoms with Gasteiger partial charge in [0.25, 0.3) is 5.91 Å². The van der Waals surface area contributed by atoms with Crippen molar-refractivity contribution in [1.82, 2.24) is 0 Å². The number of ether oxygens (including phenoxy) is 2. The molecule has 1 aliphatic rings. The van der Waals surface area contributed by atoms with E-state index in [1.54, 1.807) is 7.11 Å². The second kappa shape index (κ2) is 7.35. The molecule has 1 aliphatic carbocycles. The molecule has 0 heterocycles. The molecule has 0 aromatic heterocycles. The van der Waals surface area contributed by atoms with Gasteiger partial charge in [-0.05, 0) is 75.6 Å². The lowest BCUT2D eigenvalue weighted by Crippen LogP contribution is -2.48. The van der Waals surface area contributed by atoms with E-state index < -0.39 is 5.60 Å². The van der Waals surface area contributed by atoms with Crippen LogP contribution in [0.15, 0.2) is 12.1 Å². The standard InChI is InChI=1S/C19H29NO3/c1-6-23-19(9-7-13(2)8-10-19)18(21)20-16-11-14(3)17(22-5)15(4)12-16/h11-13H,6-10H2,1-5H3,(H,20,21). The summed E-state index contributed by atoms with van der Waals surface area (Å²) in [6.45, 7) is 8.73. The zero-order chi connectivity index (χ0) is 17.0. The molecule has 2 rings (SSSR count). The third-order valence-corrected chi connectivity index (χ3v) is 4.84. The Morgan fingerprint density at radius 1 is 1.26 bits per heavy atom. The van der Waals surface area contributed by atoms with E-state index in [4.69, 9.17) is 9.47 Å². The van der Waals surface area contributed by atoms with Gasteiger partial charge >= 0.3 is 0 Å². The van der Waals surface area contributed by atoms with Gasteiger partial charge in [0.2, 0.25) is 0 Å². The summed E-state index contributed by atoms with van der Waals surface area (Å²) in [6.07, 6.45) is 3.66. The molecule has 0 atom stereocenters. The van der Waals surface area contributed by atoms with Gasteiger partial charge in [0.1, 0.15) is 11.4 Å². The van der Waals surface area contributed by atoms with Crippen LogP contribution in [-0.4, -0.2) is 25.2 Å². The van der Waals surface area contributed by atoms with Gasteiger partial charge in [0.15, 0.2) is 0 Å². The van der Waals surface area contributed by atoms with Crippen molar-refractivity contribution in [3.8, 4) is 5.75 Å². The Morgan fingerprint density at radius 2 is 1.83 bits per heavy atom. The Labute approximate surface area is 139 Å². The van der Waals surface area contributed by atoms with Gasteiger partial charge < -0.3 is 14.8 Å². The number of amides is 1. The van der Waals surface area contributed by atoms with E-state index in [1.165, 1.54) is 0 Å². The van der Waals surface area contributed by atoms with Crippen molar-refractivity contribution in [1.29, 1.82) is 0 Å². The van der Waals surface area contributed by atoms with Crippen LogP contribution in [0, 0.1) is 19.8 Å². The van der Waals surface area contributed by atoms with Gasteiger partial charge in [-0.3, -0.25) is 4.79 Å². The highest BCUT2D eigenvalue weighted by Crippen LogP contribution is 2.36. The van der Waals surface area contributed by atoms with Crippen molar-refractivity contribution in [2.24, 2.45) is 5.92 Å². The molecule has 1 aromatic rings. The highest BCUT2D eigenvalue weighted by atomic mass is 16.5. The first-order valence-corrected chi connectivity index (χ1v) is 8.52. The molecule has 4 nitrogen and oxygen atoms in total. The van der Waals surface area contributed by atoms with Crippen molar-refractivity contribution in [2.75, 3.05) is 19.0 Å². The Kier molecular flexibility index (Phi) is 5.69. The Balaban J connectivity index is 2.19. The molecule has 0 aliphatic heterocycles. The van der Waals surface area contributed by atoms with Crippen LogP contribution in [0.5, 0.6) is 5.75 Å². The molecule has 0 radical (unpaired) electrons. The molecular weight excluding hydrogens is 290 g/mol. The van der Waals surface area contributed by atoms with Gasteiger partial charge in [0.05, 0.1) is 7.11 Å². The maximum absolute atomic E-state index is 12.9. The summed E-state index contributed by atoms with van der Waals surface area (Å²) < 4.78 is 11.3. The summed E-state index contributed by atoms with van der Waals surface area (Å²) in [7, 11) is 1.67. The van der Waals surface area contributed by atoms with Crippen molar-refractivity contribution < 1.29 is 14.3 Å². The fourth-order valence-corrected chi connectivity index (χ4v) is 3.53. The number of rotatable bonds is 5. The summed E-state index contributed by atoms with van der Waals surface area (Å²) in [5.74, 6) is 1.52. The highest BCUT2D eigenvalue weighted by Gasteiger charge is 2.41. The van der Waals surface area contributed by atoms with E-state index in [9.17, 15) is 4.79 Å². The van der Waals surface area contributed by atoms with E-state index in [2.05, 4.69) is 12.2 Å². The maximum atomic E-state index is 12.9. The van der Waals surface area contributed by atoms with Crippen molar-refractivity contribution in [2.45, 2.75) is 59.0 Å². The van der Waals surface area contributed by atoms with Crippen LogP contribution in [0.1, 0.15) is 50.7 Å². The zero-order valence-electron chi connectivity index (χ0n) is 15.0. The lowest BCUT2D eigenvalue weighted by molar-refractivity contribution is -0.146. The van der Waals surface area contributed by atoms with Crippen molar-refractivity contribution in [3.05, 3.63) is 23.3 Å². The maximum Gasteiger partial charge on any atom is 0.256 e. The summed E-state index contributed by atoms with van der Waals surface area (Å²) >= 11 is 0. The Hall–Kier alpha value is -1.55. The molecular formula is C19H29NO3. The Morgan fingerprint density at radius 3 is 2.30 bits per heavy atom. The molecule has 4 heteroatoms. The van der Waals surface area contributed by atoms with Gasteiger partial charge in [-0.15, -0.1) is 0 Å². The van der Waals surface area contributed by atoms with E-state index in [1.807, 2.05) is 32.9 Å². The van der Waals surface area contributed by atoms with Crippen LogP contribution in [0.3, 0.4) is 0 Å². The number of methoxy groups -OCH3 is 1. The fraction of sp³-hybridized carbons (Fsp3) is 0.632. The van der Waals surface area contributed by atoms with Crippen LogP contribution >= 0.6 is 0 Å². The number of carbonyl (C=O) groups is 1. The monoisotopic (exact) mass is 319 g/mol. The van der Waals surface area contributed by atoms with E-state index in [0.29, 0.717) is 12.5 Å². The summed E-state index contributed by atoms with van der Waals surface area (Å²) in [6, 6.07) is 3.91. The van der Waals surface area contributed by atoms with Crippen LogP contribution in [0.2, 0.25) is 0 Å². The first kappa shape index (κ1) is 17.8. The van der Waals surface area contributed by atoms with E-state index in [0.717, 1.165) is 48.2 Å². The van der Waals surface area contributed by atoms with Gasteiger partial charge in [0, 0.05) is 12.3 Å². The molecule has 1 saturated carbocycles. The molecule has 1 N–H and O–H groups in total. The SMILES string of the molecule is CCOC1(C(=O)Nc2cc(C)c(OC)c(C)c2)CCC(C)CC1. The van der Waals surface area contributed by atoms with Crippen molar-refractivity contribution in [3.63, 3.8) is 0 Å². The quantitative estimate of drug-likeness (QED) is 0.883. The molecule has 0 unspecified atom stereocenters. The number of carbonyl (C=O) groups excluding carboxylic acids is 1. The number of benzene rings is 1. The molecule has 0 bridgehead atoms. The second-order valence-corrected chi connectivity index (χ2v) is 6.71. The molecule has 1 aromatic carbocycles. The largest absolute Gasteiger partial charge is 0.496 e. The summed E-state index contributed by atoms with van der Waals surface area (Å²) in [4.78, 5) is 12.9. The van der Waals surface area contributed by atoms with Crippen LogP contribution in [-0.2, 0) is 9.53 Å². The fourth-order valence-electron chi connectivity index (χ4n) is 3.53. The van der Waals surface area contributed by atoms with Crippen LogP contribution < -0.4 is 10.1 Å². The Bertz CT molecular complexity index is 537. The average Bonchev–Trinajstić information content (AvgIpc) is 2.49. The number of anilines is 1. The minimum atomic E-state index is -0.678. The smallest absolute Gasteiger partial charge is 0.256 e. The minimum Gasteiger partial charge on any atom is -0.496 e. The zero-order valence-corrected chi connectivity index (χ0v) is 15.0. The van der Waals surface area contributed by atoms with E-state index >= 15 is 0 Å². The molecule has 0 spiro atoms. The third-order valence-electron chi connectivity index (χ3n) is 4.84. The molecule has 23 heavy (non-hydrogen) atoms. The average molecular weight is 319 g/mol. The van der Waals surface area contributed by atoms with E-state index in [-0.39, 0.29) is 5.91 Å². The molecule has 0 saturated heterocycles. The van der Waals surface area contributed by atoms with Crippen LogP contribution in [0.4, 0.5) is 5.69 Å². The normalized spacial score (nSPS) is 24.3. The number of hydrogen-bond acceptors (Lipinski definition) is 3. The second-order valence-electron chi connectivity index (χ2n) is 6.71. The number of hydrogen-bond donors (Lipinski definition) is 1. The third kappa shape index (κ3) is 3.86. The van der Waals surface area contributed by atoms with Gasteiger partial charge in [-0.1, -0.05) is 6.92 Å². The summed E-state index contributed by atoms with van der Waals surface area (Å²) in [5.41, 5.74) is 2.17. The predicted octanol–water partition coefficient (Wildman–Crippen LogP) is 4.24. The van der Waals surface area contributed by atoms with Crippen molar-refractivity contribution >= 4 is 11.6 Å². The first-order chi connectivity index (χ1) is 10.9. The summed E-state index contributed by atoms with van der Waals surface area (Å²) in [5, 5.41) is 3.07. The minimum absolute atomic E-state index is 0.0183. The molecule has 128 valence electrons. The predicted molar refractivity (Wildman–Crippen MR) is 93.1 cm³/mol. The lowest BCUT2D eigenvalue weighted by atomic mass is 9.78. The number of nitrogens with one attached hydrogen (secondary N) is 1. The highest BCUT2D eigenvalue weighted by molar-refractivity contribution is 5.97. The van der Waals surface area contributed by atoms with Gasteiger partial charge in [-0.25, -0.2) is 0 Å². The number of aryl methyl sites for hydroxylation is 2.